The molecule has 0 aromatic rings. The second kappa shape index (κ2) is 18.4. The molecule has 0 aliphatic rings. The average molecular weight is 429 g/mol. The van der Waals surface area contributed by atoms with Gasteiger partial charge < -0.3 is 0 Å². The van der Waals surface area contributed by atoms with Gasteiger partial charge in [0, 0.05) is 0 Å². The summed E-state index contributed by atoms with van der Waals surface area (Å²) in [6.45, 7) is 8.46. The van der Waals surface area contributed by atoms with E-state index in [1.54, 1.807) is 6.92 Å². The van der Waals surface area contributed by atoms with E-state index in [1.807, 2.05) is 0 Å². The molecule has 26 heavy (non-hydrogen) atoms. The van der Waals surface area contributed by atoms with Crippen molar-refractivity contribution in [3.8, 4) is 0 Å². The van der Waals surface area contributed by atoms with Crippen molar-refractivity contribution in [2.45, 2.75) is 140 Å². The first kappa shape index (κ1) is 26.0. The normalized spacial score (nSPS) is 11.7. The molecule has 0 spiro atoms. The van der Waals surface area contributed by atoms with Gasteiger partial charge in [-0.3, -0.25) is 0 Å². The third-order valence-electron chi connectivity index (χ3n) is 5.57. The second-order valence-electron chi connectivity index (χ2n) is 8.27. The Morgan fingerprint density at radius 3 is 1.15 bits per heavy atom. The molecule has 0 aromatic carbocycles. The van der Waals surface area contributed by atoms with E-state index in [4.69, 9.17) is 3.76 Å². The molecule has 0 amide bonds. The number of carbonyl (C=O) groups excluding carboxylic acids is 1. The second-order valence-corrected chi connectivity index (χ2v) is 16.8. The molecule has 0 aliphatic carbocycles. The zero-order valence-corrected chi connectivity index (χ0v) is 20.6. The molecular weight excluding hydrogens is 381 g/mol. The maximum atomic E-state index is 11.9. The third kappa shape index (κ3) is 15.1. The molecule has 0 radical (unpaired) electrons. The summed E-state index contributed by atoms with van der Waals surface area (Å²) in [5.41, 5.74) is 0. The standard InChI is InChI=1S/C23H48GeO2/c1-5-8-11-14-17-20-24(26-23(4)25,21-18-15-12-9-6-2)22-19-16-13-10-7-3/h5-22H2,1-4H3. The molecular formula is C23H48GeO2. The number of unbranched alkanes of at least 4 members (excludes halogenated alkanes) is 12. The van der Waals surface area contributed by atoms with Crippen LogP contribution in [0, 0.1) is 0 Å². The fourth-order valence-corrected chi connectivity index (χ4v) is 13.1. The Morgan fingerprint density at radius 1 is 0.577 bits per heavy atom. The van der Waals surface area contributed by atoms with E-state index in [2.05, 4.69) is 20.8 Å². The minimum atomic E-state index is -2.49. The van der Waals surface area contributed by atoms with Crippen LogP contribution in [-0.4, -0.2) is 19.6 Å². The predicted octanol–water partition coefficient (Wildman–Crippen LogP) is 8.41. The molecule has 0 rings (SSSR count). The zero-order valence-electron chi connectivity index (χ0n) is 18.5. The van der Waals surface area contributed by atoms with Gasteiger partial charge in [-0.15, -0.1) is 0 Å². The van der Waals surface area contributed by atoms with Crippen LogP contribution in [0.2, 0.25) is 15.8 Å². The first-order valence-electron chi connectivity index (χ1n) is 11.8. The maximum absolute atomic E-state index is 11.9. The fourth-order valence-electron chi connectivity index (χ4n) is 3.99. The van der Waals surface area contributed by atoms with E-state index >= 15 is 0 Å². The van der Waals surface area contributed by atoms with Gasteiger partial charge in [0.25, 0.3) is 0 Å². The van der Waals surface area contributed by atoms with Crippen LogP contribution in [0.1, 0.15) is 124 Å². The summed E-state index contributed by atoms with van der Waals surface area (Å²) in [5.74, 6) is 0.000625. The Kier molecular flexibility index (Phi) is 18.4. The van der Waals surface area contributed by atoms with Crippen LogP contribution in [0.15, 0.2) is 0 Å². The molecule has 0 atom stereocenters. The van der Waals surface area contributed by atoms with Crippen LogP contribution in [0.3, 0.4) is 0 Å². The van der Waals surface area contributed by atoms with E-state index < -0.39 is 13.6 Å². The van der Waals surface area contributed by atoms with Gasteiger partial charge in [-0.05, 0) is 0 Å². The van der Waals surface area contributed by atoms with Crippen molar-refractivity contribution in [3.63, 3.8) is 0 Å². The van der Waals surface area contributed by atoms with Crippen LogP contribution in [0.5, 0.6) is 0 Å². The van der Waals surface area contributed by atoms with E-state index in [9.17, 15) is 4.79 Å². The van der Waals surface area contributed by atoms with Crippen molar-refractivity contribution < 1.29 is 8.56 Å². The van der Waals surface area contributed by atoms with E-state index in [0.717, 1.165) is 0 Å². The van der Waals surface area contributed by atoms with E-state index in [0.29, 0.717) is 0 Å². The van der Waals surface area contributed by atoms with Crippen LogP contribution in [0.25, 0.3) is 0 Å². The van der Waals surface area contributed by atoms with Crippen molar-refractivity contribution in [1.29, 1.82) is 0 Å². The van der Waals surface area contributed by atoms with Gasteiger partial charge in [0.1, 0.15) is 0 Å². The molecule has 0 bridgehead atoms. The first-order valence-corrected chi connectivity index (χ1v) is 17.1. The molecule has 156 valence electrons. The number of rotatable bonds is 19. The molecule has 0 saturated heterocycles. The average Bonchev–Trinajstić information content (AvgIpc) is 2.60. The van der Waals surface area contributed by atoms with Crippen LogP contribution in [0.4, 0.5) is 0 Å². The number of hydrogen-bond acceptors (Lipinski definition) is 2. The summed E-state index contributed by atoms with van der Waals surface area (Å²) in [4.78, 5) is 11.9. The van der Waals surface area contributed by atoms with Gasteiger partial charge >= 0.3 is 168 Å². The quantitative estimate of drug-likeness (QED) is 0.152. The predicted molar refractivity (Wildman–Crippen MR) is 118 cm³/mol. The zero-order chi connectivity index (χ0) is 19.5. The van der Waals surface area contributed by atoms with Crippen molar-refractivity contribution in [3.05, 3.63) is 0 Å². The van der Waals surface area contributed by atoms with E-state index in [1.165, 1.54) is 112 Å². The molecule has 0 aliphatic heterocycles. The Labute approximate surface area is 167 Å². The summed E-state index contributed by atoms with van der Waals surface area (Å²) >= 11 is -2.49. The summed E-state index contributed by atoms with van der Waals surface area (Å²) in [5, 5.41) is 3.76. The molecule has 0 fully saturated rings. The van der Waals surface area contributed by atoms with Gasteiger partial charge in [-0.2, -0.15) is 0 Å². The molecule has 0 unspecified atom stereocenters. The van der Waals surface area contributed by atoms with Gasteiger partial charge in [-0.25, -0.2) is 0 Å². The summed E-state index contributed by atoms with van der Waals surface area (Å²) < 4.78 is 6.21. The van der Waals surface area contributed by atoms with E-state index in [-0.39, 0.29) is 5.97 Å². The van der Waals surface area contributed by atoms with Crippen LogP contribution < -0.4 is 0 Å². The first-order chi connectivity index (χ1) is 12.6. The summed E-state index contributed by atoms with van der Waals surface area (Å²) in [7, 11) is 0. The Bertz CT molecular complexity index is 281. The number of hydrogen-bond donors (Lipinski definition) is 0. The van der Waals surface area contributed by atoms with Gasteiger partial charge in [-0.1, -0.05) is 0 Å². The monoisotopic (exact) mass is 430 g/mol. The van der Waals surface area contributed by atoms with Gasteiger partial charge in [0.2, 0.25) is 0 Å². The minimum absolute atomic E-state index is 0.000625. The van der Waals surface area contributed by atoms with Crippen LogP contribution >= 0.6 is 0 Å². The van der Waals surface area contributed by atoms with Gasteiger partial charge in [0.15, 0.2) is 0 Å². The topological polar surface area (TPSA) is 26.3 Å². The fraction of sp³-hybridized carbons (Fsp3) is 0.957. The van der Waals surface area contributed by atoms with Crippen molar-refractivity contribution in [2.24, 2.45) is 0 Å². The van der Waals surface area contributed by atoms with Crippen molar-refractivity contribution in [2.75, 3.05) is 0 Å². The van der Waals surface area contributed by atoms with Crippen molar-refractivity contribution >= 4 is 19.6 Å². The number of carbonyl (C=O) groups is 1. The Balaban J connectivity index is 4.61. The van der Waals surface area contributed by atoms with Crippen LogP contribution in [-0.2, 0) is 8.56 Å². The SMILES string of the molecule is CCCCCC[CH2][Ge]([CH2]CCCCCC)([CH2]CCCCCC)[O]C(C)=O. The molecule has 0 heterocycles. The third-order valence-corrected chi connectivity index (χ3v) is 15.0. The molecule has 2 nitrogen and oxygen atoms in total. The summed E-state index contributed by atoms with van der Waals surface area (Å²) in [6, 6.07) is 0. The molecule has 3 heteroatoms. The van der Waals surface area contributed by atoms with Gasteiger partial charge in [0.05, 0.1) is 0 Å². The van der Waals surface area contributed by atoms with Crippen molar-refractivity contribution in [1.82, 2.24) is 0 Å². The molecule has 0 saturated carbocycles. The summed E-state index contributed by atoms with van der Waals surface area (Å²) in [6.07, 6.45) is 19.8. The Hall–Kier alpha value is 0.0129. The Morgan fingerprint density at radius 2 is 0.885 bits per heavy atom. The molecule has 0 N–H and O–H groups in total. The molecule has 0 aromatic heterocycles.